The third-order valence-corrected chi connectivity index (χ3v) is 22.2. The molecule has 8 heteroatoms. The number of benzene rings is 16. The predicted molar refractivity (Wildman–Crippen MR) is 439 cm³/mol. The van der Waals surface area contributed by atoms with E-state index in [2.05, 4.69) is 408 Å². The van der Waals surface area contributed by atoms with Crippen molar-refractivity contribution in [2.24, 2.45) is 0 Å². The largest absolute Gasteiger partial charge is 0.458 e. The van der Waals surface area contributed by atoms with E-state index in [0.717, 1.165) is 130 Å². The quantitative estimate of drug-likeness (QED) is 0.107. The standard InChI is InChI=1S/C96H64B2N4OS/c1-7-27-65(28-8-1)69-49-53-75(54-50-69)99(77-41-25-37-72(57-77)67-31-11-3-12-32-67)79-59-89-95-92(61-79)103-91-48-24-21-45-83(91)98(95)84-63-85-93(64-88(84)102(89)86-46-22-19-43-81(86)71-35-15-5-16-36-71)104-94-62-80(60-90-96(94)97(85)82-44-20-23-47-87(82)101(90)74-39-17-6-18-40-74)100(76-55-51-70(52-56-76)66-29-9-2-10-30-66)78-42-26-38-73(58-78)68-33-13-4-14-34-68/h1-64H. The average Bonchev–Trinajstić information content (AvgIpc) is 0.692. The minimum absolute atomic E-state index is 0.136. The summed E-state index contributed by atoms with van der Waals surface area (Å²) in [5, 5.41) is 0. The van der Waals surface area contributed by atoms with E-state index in [4.69, 9.17) is 4.74 Å². The van der Waals surface area contributed by atoms with Crippen LogP contribution in [0, 0.1) is 0 Å². The summed E-state index contributed by atoms with van der Waals surface area (Å²) in [4.78, 5) is 12.4. The molecule has 0 saturated carbocycles. The van der Waals surface area contributed by atoms with Gasteiger partial charge in [-0.15, -0.1) is 0 Å². The van der Waals surface area contributed by atoms with Crippen molar-refractivity contribution in [2.75, 3.05) is 19.6 Å². The van der Waals surface area contributed by atoms with Crippen LogP contribution in [0.4, 0.5) is 68.2 Å². The molecule has 0 bridgehead atoms. The molecule has 486 valence electrons. The molecule has 0 unspecified atom stereocenters. The summed E-state index contributed by atoms with van der Waals surface area (Å²) in [7, 11) is 0. The van der Waals surface area contributed by atoms with E-state index < -0.39 is 0 Å². The highest BCUT2D eigenvalue weighted by atomic mass is 32.2. The number of rotatable bonds is 13. The third kappa shape index (κ3) is 10.5. The first-order valence-electron chi connectivity index (χ1n) is 35.7. The lowest BCUT2D eigenvalue weighted by molar-refractivity contribution is 0.487. The van der Waals surface area contributed by atoms with Gasteiger partial charge in [0.1, 0.15) is 11.5 Å². The highest BCUT2D eigenvalue weighted by Gasteiger charge is 2.47. The molecule has 0 amide bonds. The molecule has 16 aromatic rings. The third-order valence-electron chi connectivity index (χ3n) is 21.1. The molecule has 4 aliphatic heterocycles. The summed E-state index contributed by atoms with van der Waals surface area (Å²) in [5.74, 6) is 1.67. The van der Waals surface area contributed by atoms with Crippen molar-refractivity contribution in [3.8, 4) is 67.1 Å². The van der Waals surface area contributed by atoms with Crippen molar-refractivity contribution in [3.63, 3.8) is 0 Å². The molecule has 0 N–H and O–H groups in total. The molecule has 0 saturated heterocycles. The van der Waals surface area contributed by atoms with Crippen molar-refractivity contribution in [3.05, 3.63) is 388 Å². The van der Waals surface area contributed by atoms with Crippen LogP contribution in [0.2, 0.25) is 0 Å². The number of fused-ring (bicyclic) bond motifs is 8. The van der Waals surface area contributed by atoms with E-state index in [1.807, 2.05) is 11.8 Å². The second-order valence-corrected chi connectivity index (χ2v) is 28.2. The van der Waals surface area contributed by atoms with Crippen LogP contribution in [0.1, 0.15) is 0 Å². The maximum Gasteiger partial charge on any atom is 0.256 e. The van der Waals surface area contributed by atoms with Gasteiger partial charge in [0, 0.05) is 78.3 Å². The number of nitrogens with zero attached hydrogens (tertiary/aromatic N) is 4. The molecule has 0 atom stereocenters. The highest BCUT2D eigenvalue weighted by molar-refractivity contribution is 8.00. The Labute approximate surface area is 611 Å². The van der Waals surface area contributed by atoms with Gasteiger partial charge < -0.3 is 24.3 Å². The van der Waals surface area contributed by atoms with Crippen LogP contribution in [0.15, 0.2) is 398 Å². The van der Waals surface area contributed by atoms with Gasteiger partial charge >= 0.3 is 0 Å². The molecule has 0 aromatic heterocycles. The van der Waals surface area contributed by atoms with Crippen LogP contribution >= 0.6 is 11.8 Å². The Balaban J connectivity index is 0.831. The number of hydrogen-bond acceptors (Lipinski definition) is 6. The minimum atomic E-state index is -0.208. The van der Waals surface area contributed by atoms with Gasteiger partial charge in [0.25, 0.3) is 6.71 Å². The second kappa shape index (κ2) is 25.6. The lowest BCUT2D eigenvalue weighted by Gasteiger charge is -2.44. The van der Waals surface area contributed by atoms with Gasteiger partial charge in [-0.05, 0) is 181 Å². The highest BCUT2D eigenvalue weighted by Crippen LogP contribution is 2.52. The number of ether oxygens (including phenoxy) is 1. The van der Waals surface area contributed by atoms with Gasteiger partial charge in [-0.3, -0.25) is 0 Å². The fourth-order valence-electron chi connectivity index (χ4n) is 16.4. The molecule has 0 spiro atoms. The van der Waals surface area contributed by atoms with Crippen LogP contribution in [-0.2, 0) is 0 Å². The molecule has 5 nitrogen and oxygen atoms in total. The van der Waals surface area contributed by atoms with E-state index in [1.165, 1.54) is 48.3 Å². The smallest absolute Gasteiger partial charge is 0.256 e. The van der Waals surface area contributed by atoms with Crippen LogP contribution in [0.3, 0.4) is 0 Å². The first-order chi connectivity index (χ1) is 51.6. The van der Waals surface area contributed by atoms with E-state index in [0.29, 0.717) is 0 Å². The topological polar surface area (TPSA) is 22.2 Å². The van der Waals surface area contributed by atoms with Gasteiger partial charge in [-0.1, -0.05) is 296 Å². The second-order valence-electron chi connectivity index (χ2n) is 27.1. The zero-order valence-corrected chi connectivity index (χ0v) is 57.5. The van der Waals surface area contributed by atoms with Crippen molar-refractivity contribution in [1.82, 2.24) is 0 Å². The van der Waals surface area contributed by atoms with Gasteiger partial charge in [0.2, 0.25) is 6.71 Å². The first kappa shape index (κ1) is 60.9. The van der Waals surface area contributed by atoms with Crippen LogP contribution in [0.25, 0.3) is 55.6 Å². The van der Waals surface area contributed by atoms with Gasteiger partial charge in [-0.2, -0.15) is 0 Å². The average molecular weight is 1340 g/mol. The number of hydrogen-bond donors (Lipinski definition) is 0. The Bertz CT molecular complexity index is 5950. The summed E-state index contributed by atoms with van der Waals surface area (Å²) >= 11 is 1.90. The zero-order valence-electron chi connectivity index (χ0n) is 56.7. The minimum Gasteiger partial charge on any atom is -0.458 e. The van der Waals surface area contributed by atoms with E-state index >= 15 is 0 Å². The molecule has 4 heterocycles. The fraction of sp³-hybridized carbons (Fsp3) is 0. The van der Waals surface area contributed by atoms with E-state index in [9.17, 15) is 0 Å². The summed E-state index contributed by atoms with van der Waals surface area (Å²) in [6, 6.07) is 143. The van der Waals surface area contributed by atoms with Gasteiger partial charge in [-0.25, -0.2) is 0 Å². The van der Waals surface area contributed by atoms with Crippen molar-refractivity contribution in [1.29, 1.82) is 0 Å². The number of anilines is 12. The lowest BCUT2D eigenvalue weighted by Crippen LogP contribution is -2.63. The molecular weight excluding hydrogens is 1280 g/mol. The normalized spacial score (nSPS) is 12.6. The van der Waals surface area contributed by atoms with Gasteiger partial charge in [0.05, 0.1) is 11.4 Å². The van der Waals surface area contributed by atoms with E-state index in [1.54, 1.807) is 0 Å². The molecule has 20 rings (SSSR count). The van der Waals surface area contributed by atoms with Crippen molar-refractivity contribution in [2.45, 2.75) is 9.79 Å². The summed E-state index contributed by atoms with van der Waals surface area (Å²) in [5.41, 5.74) is 31.7. The van der Waals surface area contributed by atoms with Gasteiger partial charge in [0.15, 0.2) is 0 Å². The molecule has 0 radical (unpaired) electrons. The van der Waals surface area contributed by atoms with Crippen LogP contribution in [0.5, 0.6) is 11.5 Å². The summed E-state index contributed by atoms with van der Waals surface area (Å²) in [6.07, 6.45) is 0. The zero-order chi connectivity index (χ0) is 68.6. The van der Waals surface area contributed by atoms with Crippen LogP contribution in [-0.4, -0.2) is 13.4 Å². The first-order valence-corrected chi connectivity index (χ1v) is 36.5. The number of para-hydroxylation sites is 4. The van der Waals surface area contributed by atoms with Crippen molar-refractivity contribution < 1.29 is 4.74 Å². The Morgan fingerprint density at radius 1 is 0.231 bits per heavy atom. The monoisotopic (exact) mass is 1340 g/mol. The molecule has 0 aliphatic carbocycles. The van der Waals surface area contributed by atoms with Crippen LogP contribution < -0.4 is 57.1 Å². The summed E-state index contributed by atoms with van der Waals surface area (Å²) in [6.45, 7) is -0.343. The lowest BCUT2D eigenvalue weighted by atomic mass is 9.31. The predicted octanol–water partition coefficient (Wildman–Crippen LogP) is 22.1. The Morgan fingerprint density at radius 2 is 0.673 bits per heavy atom. The maximum atomic E-state index is 7.48. The molecule has 4 aliphatic rings. The Kier molecular flexibility index (Phi) is 15.0. The Morgan fingerprint density at radius 3 is 1.25 bits per heavy atom. The molecule has 104 heavy (non-hydrogen) atoms. The molecule has 16 aromatic carbocycles. The fourth-order valence-corrected chi connectivity index (χ4v) is 17.6. The maximum absolute atomic E-state index is 7.48. The van der Waals surface area contributed by atoms with E-state index in [-0.39, 0.29) is 13.4 Å². The summed E-state index contributed by atoms with van der Waals surface area (Å²) < 4.78 is 7.48. The Hall–Kier alpha value is -13.0. The van der Waals surface area contributed by atoms with Crippen molar-refractivity contribution >= 4 is 126 Å². The molecular formula is C96H64B2N4OS. The molecule has 0 fully saturated rings. The SMILES string of the molecule is c1ccc(-c2ccc(N(c3cccc(-c4ccccc4)c3)c3cc4c5c(c3)N(c3ccccc3-c3ccccc3)c3cc6c(cc3B5c3ccccc3O4)B3c4ccccc4N(c4ccccc4)c4cc(N(c5ccc(-c7ccccc7)cc5)c5cccc(-c7ccccc7)c5)cc(c43)S6)cc2)cc1.